The lowest BCUT2D eigenvalue weighted by atomic mass is 10.1. The average Bonchev–Trinajstić information content (AvgIpc) is 2.27. The minimum absolute atomic E-state index is 0.948. The van der Waals surface area contributed by atoms with Crippen LogP contribution in [0.5, 0.6) is 0 Å². The van der Waals surface area contributed by atoms with Gasteiger partial charge in [-0.3, -0.25) is 0 Å². The molecule has 0 spiro atoms. The van der Waals surface area contributed by atoms with Gasteiger partial charge in [0.15, 0.2) is 0 Å². The maximum absolute atomic E-state index is 5.44. The smallest absolute Gasteiger partial charge is 0.0204 e. The van der Waals surface area contributed by atoms with E-state index in [1.807, 2.05) is 0 Å². The second-order valence-electron chi connectivity index (χ2n) is 3.99. The summed E-state index contributed by atoms with van der Waals surface area (Å²) >= 11 is 0. The number of hydrogen-bond acceptors (Lipinski definition) is 2. The van der Waals surface area contributed by atoms with Crippen molar-refractivity contribution in [3.63, 3.8) is 0 Å². The van der Waals surface area contributed by atoms with Crippen LogP contribution in [0, 0.1) is 0 Å². The molecule has 0 bridgehead atoms. The minimum atomic E-state index is 0.948. The van der Waals surface area contributed by atoms with E-state index < -0.39 is 0 Å². The van der Waals surface area contributed by atoms with Gasteiger partial charge in [-0.2, -0.15) is 0 Å². The van der Waals surface area contributed by atoms with Gasteiger partial charge in [-0.25, -0.2) is 0 Å². The van der Waals surface area contributed by atoms with Crippen LogP contribution >= 0.6 is 0 Å². The predicted molar refractivity (Wildman–Crippen MR) is 65.6 cm³/mol. The van der Waals surface area contributed by atoms with E-state index in [1.165, 1.54) is 11.1 Å². The van der Waals surface area contributed by atoms with E-state index in [0.717, 1.165) is 19.5 Å². The Balaban J connectivity index is 2.31. The first-order chi connectivity index (χ1) is 7.22. The van der Waals surface area contributed by atoms with Crippen LogP contribution in [0.25, 0.3) is 0 Å². The lowest BCUT2D eigenvalue weighted by Crippen LogP contribution is -2.23. The molecule has 1 rings (SSSR count). The standard InChI is InChI=1S/C13H20N2/c1-12(10-14)11-15(2)9-8-13-6-4-3-5-7-13/h3-7,10H,8-9,11,14H2,1-2H3/b12-10-. The highest BCUT2D eigenvalue weighted by molar-refractivity contribution is 5.14. The Labute approximate surface area is 92.4 Å². The van der Waals surface area contributed by atoms with Crippen molar-refractivity contribution in [3.8, 4) is 0 Å². The van der Waals surface area contributed by atoms with Crippen molar-refractivity contribution in [2.45, 2.75) is 13.3 Å². The summed E-state index contributed by atoms with van der Waals surface area (Å²) in [4.78, 5) is 2.28. The van der Waals surface area contributed by atoms with Crippen LogP contribution in [0.2, 0.25) is 0 Å². The molecular formula is C13H20N2. The van der Waals surface area contributed by atoms with Crippen LogP contribution in [0.4, 0.5) is 0 Å². The minimum Gasteiger partial charge on any atom is -0.405 e. The van der Waals surface area contributed by atoms with Gasteiger partial charge in [-0.15, -0.1) is 0 Å². The topological polar surface area (TPSA) is 29.3 Å². The Morgan fingerprint density at radius 2 is 2.00 bits per heavy atom. The maximum Gasteiger partial charge on any atom is 0.0204 e. The first-order valence-electron chi connectivity index (χ1n) is 5.32. The SMILES string of the molecule is C/C(=C/N)CN(C)CCc1ccccc1. The van der Waals surface area contributed by atoms with Crippen LogP contribution in [-0.4, -0.2) is 25.0 Å². The van der Waals surface area contributed by atoms with Gasteiger partial charge in [0.2, 0.25) is 0 Å². The molecule has 0 atom stereocenters. The summed E-state index contributed by atoms with van der Waals surface area (Å²) in [7, 11) is 2.12. The van der Waals surface area contributed by atoms with E-state index in [2.05, 4.69) is 49.2 Å². The Kier molecular flexibility index (Phi) is 4.91. The Bertz CT molecular complexity index is 304. The summed E-state index contributed by atoms with van der Waals surface area (Å²) in [5.41, 5.74) is 8.04. The third kappa shape index (κ3) is 4.66. The maximum atomic E-state index is 5.44. The highest BCUT2D eigenvalue weighted by Crippen LogP contribution is 2.01. The summed E-state index contributed by atoms with van der Waals surface area (Å²) in [5, 5.41) is 0. The number of likely N-dealkylation sites (N-methyl/N-ethyl adjacent to an activating group) is 1. The molecule has 0 saturated carbocycles. The monoisotopic (exact) mass is 204 g/mol. The zero-order valence-corrected chi connectivity index (χ0v) is 9.61. The normalized spacial score (nSPS) is 12.1. The number of benzene rings is 1. The quantitative estimate of drug-likeness (QED) is 0.795. The number of hydrogen-bond donors (Lipinski definition) is 1. The van der Waals surface area contributed by atoms with E-state index in [1.54, 1.807) is 6.20 Å². The molecule has 0 unspecified atom stereocenters. The van der Waals surface area contributed by atoms with E-state index >= 15 is 0 Å². The first-order valence-corrected chi connectivity index (χ1v) is 5.32. The molecule has 0 aliphatic rings. The molecule has 2 heteroatoms. The van der Waals surface area contributed by atoms with E-state index in [-0.39, 0.29) is 0 Å². The van der Waals surface area contributed by atoms with Gasteiger partial charge in [-0.1, -0.05) is 30.3 Å². The van der Waals surface area contributed by atoms with Gasteiger partial charge in [0.1, 0.15) is 0 Å². The molecule has 82 valence electrons. The summed E-state index contributed by atoms with van der Waals surface area (Å²) in [5.74, 6) is 0. The fraction of sp³-hybridized carbons (Fsp3) is 0.385. The van der Waals surface area contributed by atoms with Gasteiger partial charge >= 0.3 is 0 Å². The van der Waals surface area contributed by atoms with E-state index in [9.17, 15) is 0 Å². The molecule has 0 aliphatic carbocycles. The van der Waals surface area contributed by atoms with Crippen LogP contribution in [0.1, 0.15) is 12.5 Å². The molecule has 0 amide bonds. The molecule has 0 aromatic heterocycles. The molecule has 0 radical (unpaired) electrons. The lowest BCUT2D eigenvalue weighted by molar-refractivity contribution is 0.366. The first kappa shape index (κ1) is 11.8. The summed E-state index contributed by atoms with van der Waals surface area (Å²) < 4.78 is 0. The van der Waals surface area contributed by atoms with Crippen molar-refractivity contribution in [2.75, 3.05) is 20.1 Å². The van der Waals surface area contributed by atoms with Gasteiger partial charge in [0, 0.05) is 13.1 Å². The van der Waals surface area contributed by atoms with Crippen molar-refractivity contribution in [1.82, 2.24) is 4.90 Å². The molecule has 0 fully saturated rings. The highest BCUT2D eigenvalue weighted by Gasteiger charge is 1.99. The van der Waals surface area contributed by atoms with Gasteiger partial charge in [0.25, 0.3) is 0 Å². The van der Waals surface area contributed by atoms with E-state index in [0.29, 0.717) is 0 Å². The van der Waals surface area contributed by atoms with Crippen molar-refractivity contribution in [1.29, 1.82) is 0 Å². The third-order valence-corrected chi connectivity index (χ3v) is 2.43. The Morgan fingerprint density at radius 1 is 1.33 bits per heavy atom. The average molecular weight is 204 g/mol. The van der Waals surface area contributed by atoms with Crippen molar-refractivity contribution in [2.24, 2.45) is 5.73 Å². The predicted octanol–water partition coefficient (Wildman–Crippen LogP) is 2.02. The van der Waals surface area contributed by atoms with Crippen molar-refractivity contribution >= 4 is 0 Å². The van der Waals surface area contributed by atoms with Crippen LogP contribution in [0.3, 0.4) is 0 Å². The molecular weight excluding hydrogens is 184 g/mol. The summed E-state index contributed by atoms with van der Waals surface area (Å²) in [6, 6.07) is 10.5. The zero-order valence-electron chi connectivity index (χ0n) is 9.61. The molecule has 0 saturated heterocycles. The largest absolute Gasteiger partial charge is 0.405 e. The highest BCUT2D eigenvalue weighted by atomic mass is 15.1. The van der Waals surface area contributed by atoms with Gasteiger partial charge < -0.3 is 10.6 Å². The Morgan fingerprint density at radius 3 is 2.60 bits per heavy atom. The van der Waals surface area contributed by atoms with Crippen molar-refractivity contribution < 1.29 is 0 Å². The summed E-state index contributed by atoms with van der Waals surface area (Å²) in [6.45, 7) is 4.07. The molecule has 0 heterocycles. The summed E-state index contributed by atoms with van der Waals surface area (Å²) in [6.07, 6.45) is 2.77. The second-order valence-corrected chi connectivity index (χ2v) is 3.99. The molecule has 2 nitrogen and oxygen atoms in total. The fourth-order valence-electron chi connectivity index (χ4n) is 1.52. The molecule has 1 aromatic rings. The fourth-order valence-corrected chi connectivity index (χ4v) is 1.52. The van der Waals surface area contributed by atoms with Crippen LogP contribution < -0.4 is 5.73 Å². The molecule has 15 heavy (non-hydrogen) atoms. The number of rotatable bonds is 5. The van der Waals surface area contributed by atoms with Gasteiger partial charge in [-0.05, 0) is 37.7 Å². The molecule has 1 aromatic carbocycles. The second kappa shape index (κ2) is 6.25. The lowest BCUT2D eigenvalue weighted by Gasteiger charge is -2.16. The number of nitrogens with zero attached hydrogens (tertiary/aromatic N) is 1. The van der Waals surface area contributed by atoms with Crippen molar-refractivity contribution in [3.05, 3.63) is 47.7 Å². The zero-order chi connectivity index (χ0) is 11.1. The van der Waals surface area contributed by atoms with Crippen LogP contribution in [-0.2, 0) is 6.42 Å². The Hall–Kier alpha value is -1.28. The molecule has 0 aliphatic heterocycles. The molecule has 2 N–H and O–H groups in total. The van der Waals surface area contributed by atoms with E-state index in [4.69, 9.17) is 5.73 Å². The van der Waals surface area contributed by atoms with Crippen LogP contribution in [0.15, 0.2) is 42.1 Å². The van der Waals surface area contributed by atoms with Gasteiger partial charge in [0.05, 0.1) is 0 Å². The number of nitrogens with two attached hydrogens (primary N) is 1. The third-order valence-electron chi connectivity index (χ3n) is 2.43.